The number of carbonyl (C=O) groups excluding carboxylic acids is 1. The number of phenolic OH excluding ortho intramolecular Hbond substituents is 1. The number of guanidine groups is 1. The van der Waals surface area contributed by atoms with Crippen molar-refractivity contribution in [3.63, 3.8) is 0 Å². The molecule has 5 N–H and O–H groups in total. The maximum atomic E-state index is 12.0. The summed E-state index contributed by atoms with van der Waals surface area (Å²) < 4.78 is 11.0. The van der Waals surface area contributed by atoms with Gasteiger partial charge in [-0.25, -0.2) is 0 Å². The number of nitrogens with zero attached hydrogens (tertiary/aromatic N) is 1. The number of carbonyl (C=O) groups is 1. The van der Waals surface area contributed by atoms with Crippen molar-refractivity contribution >= 4 is 11.9 Å². The Hall–Kier alpha value is -2.92. The van der Waals surface area contributed by atoms with Crippen LogP contribution in [0.1, 0.15) is 77.7 Å². The number of methoxy groups -OCH3 is 1. The maximum absolute atomic E-state index is 12.0. The molecule has 38 heavy (non-hydrogen) atoms. The molecule has 0 unspecified atom stereocenters. The molecule has 8 nitrogen and oxygen atoms in total. The fourth-order valence-corrected chi connectivity index (χ4v) is 5.25. The van der Waals surface area contributed by atoms with Crippen LogP contribution in [0.2, 0.25) is 0 Å². The summed E-state index contributed by atoms with van der Waals surface area (Å²) in [5, 5.41) is 24.4. The lowest BCUT2D eigenvalue weighted by Crippen LogP contribution is -2.44. The van der Waals surface area contributed by atoms with Gasteiger partial charge in [0.2, 0.25) is 0 Å². The smallest absolute Gasteiger partial charge is 0.302 e. The Balaban J connectivity index is 2.45. The van der Waals surface area contributed by atoms with Crippen LogP contribution >= 0.6 is 0 Å². The average Bonchev–Trinajstić information content (AvgIpc) is 2.89. The van der Waals surface area contributed by atoms with E-state index in [4.69, 9.17) is 15.2 Å². The van der Waals surface area contributed by atoms with Crippen molar-refractivity contribution in [2.75, 3.05) is 20.7 Å². The number of nitrogens with two attached hydrogens (primary N) is 1. The first-order chi connectivity index (χ1) is 18.1. The highest BCUT2D eigenvalue weighted by atomic mass is 16.5. The SMILES string of the molecule is CCCCC[C@H](C)[C@]1(CNC(N)=NC)C#CC[C@H](Cc2ccc(O)c(OC)c2)[C@@H](OC(C)=O)C[C@@H](O)CC1. The van der Waals surface area contributed by atoms with Crippen LogP contribution in [0, 0.1) is 29.1 Å². The van der Waals surface area contributed by atoms with E-state index < -0.39 is 12.2 Å². The minimum absolute atomic E-state index is 0.0678. The van der Waals surface area contributed by atoms with Gasteiger partial charge in [0.05, 0.1) is 18.6 Å². The lowest BCUT2D eigenvalue weighted by Gasteiger charge is -2.37. The van der Waals surface area contributed by atoms with Crippen molar-refractivity contribution in [1.29, 1.82) is 0 Å². The zero-order valence-corrected chi connectivity index (χ0v) is 23.8. The highest BCUT2D eigenvalue weighted by Gasteiger charge is 2.37. The number of aliphatic hydroxyl groups excluding tert-OH is 1. The van der Waals surface area contributed by atoms with Gasteiger partial charge in [-0.2, -0.15) is 0 Å². The molecule has 0 saturated heterocycles. The van der Waals surface area contributed by atoms with Crippen molar-refractivity contribution in [3.8, 4) is 23.3 Å². The van der Waals surface area contributed by atoms with Gasteiger partial charge in [-0.15, -0.1) is 5.92 Å². The summed E-state index contributed by atoms with van der Waals surface area (Å²) in [4.78, 5) is 16.0. The average molecular weight is 530 g/mol. The van der Waals surface area contributed by atoms with Crippen LogP contribution in [0.15, 0.2) is 23.2 Å². The first-order valence-electron chi connectivity index (χ1n) is 13.8. The van der Waals surface area contributed by atoms with Gasteiger partial charge in [-0.05, 0) is 49.3 Å². The molecule has 0 saturated carbocycles. The fraction of sp³-hybridized carbons (Fsp3) is 0.667. The van der Waals surface area contributed by atoms with E-state index in [2.05, 4.69) is 36.0 Å². The molecule has 0 bridgehead atoms. The predicted octanol–water partition coefficient (Wildman–Crippen LogP) is 4.17. The van der Waals surface area contributed by atoms with E-state index in [1.165, 1.54) is 20.5 Å². The molecule has 1 aromatic rings. The van der Waals surface area contributed by atoms with E-state index in [9.17, 15) is 15.0 Å². The van der Waals surface area contributed by atoms with Gasteiger partial charge in [-0.1, -0.05) is 45.1 Å². The zero-order valence-electron chi connectivity index (χ0n) is 23.8. The van der Waals surface area contributed by atoms with E-state index in [1.54, 1.807) is 19.2 Å². The number of phenols is 1. The first-order valence-corrected chi connectivity index (χ1v) is 13.8. The van der Waals surface area contributed by atoms with E-state index in [1.807, 2.05) is 6.07 Å². The number of hydrogen-bond donors (Lipinski definition) is 4. The lowest BCUT2D eigenvalue weighted by atomic mass is 9.70. The highest BCUT2D eigenvalue weighted by molar-refractivity contribution is 5.77. The number of benzene rings is 1. The number of hydrogen-bond acceptors (Lipinski definition) is 6. The summed E-state index contributed by atoms with van der Waals surface area (Å²) in [5.74, 6) is 7.67. The van der Waals surface area contributed by atoms with Crippen molar-refractivity contribution in [3.05, 3.63) is 23.8 Å². The van der Waals surface area contributed by atoms with Crippen LogP contribution in [0.25, 0.3) is 0 Å². The van der Waals surface area contributed by atoms with Gasteiger partial charge >= 0.3 is 5.97 Å². The lowest BCUT2D eigenvalue weighted by molar-refractivity contribution is -0.151. The Bertz CT molecular complexity index is 986. The van der Waals surface area contributed by atoms with Crippen molar-refractivity contribution in [1.82, 2.24) is 5.32 Å². The molecule has 1 aliphatic carbocycles. The number of esters is 1. The maximum Gasteiger partial charge on any atom is 0.302 e. The van der Waals surface area contributed by atoms with E-state index >= 15 is 0 Å². The second-order valence-corrected chi connectivity index (χ2v) is 10.6. The number of aliphatic hydroxyl groups is 1. The van der Waals surface area contributed by atoms with Gasteiger partial charge in [-0.3, -0.25) is 9.79 Å². The molecule has 1 aromatic carbocycles. The Morgan fingerprint density at radius 2 is 2.13 bits per heavy atom. The minimum Gasteiger partial charge on any atom is -0.504 e. The number of rotatable bonds is 11. The minimum atomic E-state index is -0.643. The van der Waals surface area contributed by atoms with Crippen LogP contribution < -0.4 is 15.8 Å². The molecule has 0 heterocycles. The summed E-state index contributed by atoms with van der Waals surface area (Å²) in [6, 6.07) is 5.23. The number of nitrogens with one attached hydrogen (secondary N) is 1. The molecule has 1 aliphatic rings. The molecule has 212 valence electrons. The Labute approximate surface area is 228 Å². The standard InChI is InChI=1S/C30H47N3O5/c1-6-7-8-10-21(2)30(20-33-29(31)32-4)15-9-11-24(17-23-12-13-26(36)28(18-23)37-5)27(38-22(3)34)19-25(35)14-16-30/h12-13,18,21,24-25,27,35-36H,6-8,10-11,14,16-17,19-20H2,1-5H3,(H3,31,32,33)/t21-,24+,25-,27-,30+/m0/s1. The zero-order chi connectivity index (χ0) is 28.1. The molecule has 0 fully saturated rings. The molecule has 5 atom stereocenters. The summed E-state index contributed by atoms with van der Waals surface area (Å²) in [6.07, 6.45) is 5.99. The molecular formula is C30H47N3O5. The Morgan fingerprint density at radius 1 is 1.37 bits per heavy atom. The number of aliphatic imine (C=N–C) groups is 1. The Morgan fingerprint density at radius 3 is 2.79 bits per heavy atom. The quantitative estimate of drug-likeness (QED) is 0.111. The summed E-state index contributed by atoms with van der Waals surface area (Å²) in [6.45, 7) is 6.39. The molecule has 0 radical (unpaired) electrons. The van der Waals surface area contributed by atoms with Gasteiger partial charge in [0, 0.05) is 39.3 Å². The third kappa shape index (κ3) is 9.43. The summed E-state index contributed by atoms with van der Waals surface area (Å²) in [7, 11) is 3.16. The summed E-state index contributed by atoms with van der Waals surface area (Å²) >= 11 is 0. The second kappa shape index (κ2) is 15.5. The van der Waals surface area contributed by atoms with Gasteiger partial charge in [0.25, 0.3) is 0 Å². The number of aromatic hydroxyl groups is 1. The van der Waals surface area contributed by atoms with Crippen LogP contribution in [0.3, 0.4) is 0 Å². The van der Waals surface area contributed by atoms with Crippen LogP contribution in [0.4, 0.5) is 0 Å². The van der Waals surface area contributed by atoms with Gasteiger partial charge < -0.3 is 30.7 Å². The van der Waals surface area contributed by atoms with Gasteiger partial charge in [0.15, 0.2) is 17.5 Å². The van der Waals surface area contributed by atoms with Crippen LogP contribution in [0.5, 0.6) is 11.5 Å². The monoisotopic (exact) mass is 529 g/mol. The summed E-state index contributed by atoms with van der Waals surface area (Å²) in [5.41, 5.74) is 6.54. The molecular weight excluding hydrogens is 482 g/mol. The molecule has 0 amide bonds. The topological polar surface area (TPSA) is 126 Å². The number of ether oxygens (including phenoxy) is 2. The molecule has 0 aromatic heterocycles. The van der Waals surface area contributed by atoms with Crippen LogP contribution in [-0.4, -0.2) is 55.1 Å². The predicted molar refractivity (Wildman–Crippen MR) is 151 cm³/mol. The molecule has 0 spiro atoms. The highest BCUT2D eigenvalue weighted by Crippen LogP contribution is 2.38. The van der Waals surface area contributed by atoms with Gasteiger partial charge in [0.1, 0.15) is 6.10 Å². The van der Waals surface area contributed by atoms with Crippen molar-refractivity contribution in [2.45, 2.75) is 90.8 Å². The fourth-order valence-electron chi connectivity index (χ4n) is 5.25. The van der Waals surface area contributed by atoms with Crippen LogP contribution in [-0.2, 0) is 16.0 Å². The second-order valence-electron chi connectivity index (χ2n) is 10.6. The van der Waals surface area contributed by atoms with E-state index in [-0.39, 0.29) is 29.0 Å². The van der Waals surface area contributed by atoms with E-state index in [0.29, 0.717) is 50.4 Å². The largest absolute Gasteiger partial charge is 0.504 e. The Kier molecular flexibility index (Phi) is 12.8. The third-order valence-electron chi connectivity index (χ3n) is 7.72. The van der Waals surface area contributed by atoms with E-state index in [0.717, 1.165) is 24.8 Å². The first kappa shape index (κ1) is 31.3. The molecule has 2 rings (SSSR count). The molecule has 8 heteroatoms. The molecule has 0 aliphatic heterocycles. The third-order valence-corrected chi connectivity index (χ3v) is 7.72. The normalized spacial score (nSPS) is 25.0. The van der Waals surface area contributed by atoms with Crippen molar-refractivity contribution in [2.24, 2.45) is 28.0 Å². The van der Waals surface area contributed by atoms with Crippen molar-refractivity contribution < 1.29 is 24.5 Å². The number of unbranched alkanes of at least 4 members (excludes halogenated alkanes) is 2.